The number of hydrogen-bond donors (Lipinski definition) is 1. The second kappa shape index (κ2) is 19.3. The fraction of sp³-hybridized carbons (Fsp3) is 0.500. The molecule has 0 saturated carbocycles. The van der Waals surface area contributed by atoms with Crippen LogP contribution < -0.4 is 49.4 Å². The number of halogens is 9. The molecular weight excluding hydrogens is 736 g/mol. The predicted octanol–water partition coefficient (Wildman–Crippen LogP) is 3.08. The largest absolute Gasteiger partial charge is 1.00 e. The zero-order chi connectivity index (χ0) is 38.1. The first-order chi connectivity index (χ1) is 24.5. The van der Waals surface area contributed by atoms with Crippen LogP contribution in [0.2, 0.25) is 0 Å². The van der Waals surface area contributed by atoms with E-state index in [1.807, 2.05) is 4.90 Å². The molecule has 0 spiro atoms. The molecule has 1 fully saturated rings. The molecule has 2 heterocycles. The van der Waals surface area contributed by atoms with Crippen molar-refractivity contribution in [1.82, 2.24) is 9.97 Å². The van der Waals surface area contributed by atoms with E-state index in [2.05, 4.69) is 9.97 Å². The molecule has 2 aromatic carbocycles. The van der Waals surface area contributed by atoms with Crippen LogP contribution in [0.15, 0.2) is 48.8 Å². The summed E-state index contributed by atoms with van der Waals surface area (Å²) in [5.74, 6) is -1.37. The van der Waals surface area contributed by atoms with E-state index in [0.29, 0.717) is 69.8 Å². The van der Waals surface area contributed by atoms with Gasteiger partial charge in [-0.15, -0.1) is 0 Å². The van der Waals surface area contributed by atoms with Crippen LogP contribution in [0.3, 0.4) is 0 Å². The van der Waals surface area contributed by atoms with E-state index in [4.69, 9.17) is 4.74 Å². The number of benzene rings is 2. The number of carboxylic acids is 1. The number of aliphatic carboxylic acids is 1. The van der Waals surface area contributed by atoms with Gasteiger partial charge in [0.15, 0.2) is 0 Å². The number of anilines is 3. The van der Waals surface area contributed by atoms with Crippen LogP contribution in [-0.4, -0.2) is 67.0 Å². The molecule has 1 aromatic heterocycles. The van der Waals surface area contributed by atoms with Gasteiger partial charge in [0.2, 0.25) is 5.95 Å². The van der Waals surface area contributed by atoms with Crippen molar-refractivity contribution in [3.8, 4) is 0 Å². The van der Waals surface area contributed by atoms with Gasteiger partial charge in [-0.05, 0) is 66.8 Å². The Kier molecular flexibility index (Phi) is 16.1. The average molecular weight is 774 g/mol. The first kappa shape index (κ1) is 44.1. The number of aliphatic hydroxyl groups excluding tert-OH is 1. The van der Waals surface area contributed by atoms with Gasteiger partial charge in [0.25, 0.3) is 0 Å². The number of carboxylic acid groups (broad SMARTS) is 1. The number of nitrogens with zero attached hydrogens (tertiary/aromatic N) is 5. The Morgan fingerprint density at radius 1 is 0.774 bits per heavy atom. The summed E-state index contributed by atoms with van der Waals surface area (Å²) < 4.78 is 130. The van der Waals surface area contributed by atoms with Gasteiger partial charge in [0, 0.05) is 50.9 Å². The summed E-state index contributed by atoms with van der Waals surface area (Å²) in [4.78, 5) is 24.1. The van der Waals surface area contributed by atoms with Crippen molar-refractivity contribution in [2.45, 2.75) is 63.7 Å². The molecule has 0 radical (unpaired) electrons. The Morgan fingerprint density at radius 2 is 1.36 bits per heavy atom. The summed E-state index contributed by atoms with van der Waals surface area (Å²) in [6.07, 6.45) is -10.5. The van der Waals surface area contributed by atoms with Gasteiger partial charge in [-0.2, -0.15) is 39.5 Å². The molecule has 9 nitrogen and oxygen atoms in total. The van der Waals surface area contributed by atoms with Gasteiger partial charge >= 0.3 is 48.1 Å². The molecule has 286 valence electrons. The predicted molar refractivity (Wildman–Crippen MR) is 170 cm³/mol. The van der Waals surface area contributed by atoms with E-state index in [0.717, 1.165) is 12.1 Å². The number of aromatic nitrogens is 2. The minimum absolute atomic E-state index is 0. The number of alkyl halides is 9. The summed E-state index contributed by atoms with van der Waals surface area (Å²) in [6, 6.07) is 3.92. The molecule has 1 aliphatic rings. The second-order valence-electron chi connectivity index (χ2n) is 12.2. The number of morpholine rings is 1. The Morgan fingerprint density at radius 3 is 1.91 bits per heavy atom. The Labute approximate surface area is 322 Å². The van der Waals surface area contributed by atoms with Crippen molar-refractivity contribution in [1.29, 1.82) is 0 Å². The number of carbonyl (C=O) groups excluding carboxylic acids is 1. The van der Waals surface area contributed by atoms with Crippen LogP contribution in [0.4, 0.5) is 56.8 Å². The van der Waals surface area contributed by atoms with Crippen molar-refractivity contribution in [3.63, 3.8) is 0 Å². The SMILES string of the molecule is O=C([O-])CCCCCCN(CCO)c1ccc(C(F)(F)F)cc1CN(Cc1cc(C(F)(F)F)cc(C(F)(F)F)c1)c1ncc(N2CCOCC2)cn1.[Na+]. The molecule has 1 aliphatic heterocycles. The molecule has 4 rings (SSSR count). The fourth-order valence-electron chi connectivity index (χ4n) is 5.79. The summed E-state index contributed by atoms with van der Waals surface area (Å²) in [7, 11) is 0. The Bertz CT molecular complexity index is 1590. The standard InChI is InChI=1S/C34H38F9N5O4.Na/c35-32(36,37)25-6-7-29(47(9-12-49)8-4-2-1-3-5-30(50)51)24(17-25)22-48(31-44-19-28(20-45-31)46-10-13-52-14-11-46)21-23-15-26(33(38,39)40)18-27(16-23)34(41,42)43;/h6-7,15-20,49H,1-5,8-14,21-22H2,(H,50,51);/q;+1/p-1. The molecule has 1 saturated heterocycles. The van der Waals surface area contributed by atoms with Crippen LogP contribution in [0.25, 0.3) is 0 Å². The quantitative estimate of drug-likeness (QED) is 0.134. The van der Waals surface area contributed by atoms with Crippen molar-refractivity contribution in [2.24, 2.45) is 0 Å². The van der Waals surface area contributed by atoms with Crippen LogP contribution in [-0.2, 0) is 41.1 Å². The van der Waals surface area contributed by atoms with E-state index in [1.54, 1.807) is 4.90 Å². The third kappa shape index (κ3) is 13.2. The van der Waals surface area contributed by atoms with E-state index in [1.165, 1.54) is 23.4 Å². The number of unbranched alkanes of at least 4 members (excludes halogenated alkanes) is 3. The molecular formula is C34H37F9N5NaO4. The summed E-state index contributed by atoms with van der Waals surface area (Å²) in [5.41, 5.74) is -3.85. The van der Waals surface area contributed by atoms with Gasteiger partial charge in [0.1, 0.15) is 0 Å². The van der Waals surface area contributed by atoms with Crippen LogP contribution >= 0.6 is 0 Å². The zero-order valence-corrected chi connectivity index (χ0v) is 30.8. The number of carbonyl (C=O) groups is 1. The molecule has 3 aromatic rings. The molecule has 1 N–H and O–H groups in total. The van der Waals surface area contributed by atoms with E-state index in [-0.39, 0.29) is 72.3 Å². The minimum atomic E-state index is -5.14. The zero-order valence-electron chi connectivity index (χ0n) is 28.8. The van der Waals surface area contributed by atoms with E-state index < -0.39 is 66.4 Å². The van der Waals surface area contributed by atoms with Crippen LogP contribution in [0.1, 0.15) is 59.9 Å². The Balaban J connectivity index is 0.00000756. The third-order valence-corrected chi connectivity index (χ3v) is 8.34. The molecule has 19 heteroatoms. The van der Waals surface area contributed by atoms with Gasteiger partial charge in [-0.1, -0.05) is 12.8 Å². The number of ether oxygens (including phenoxy) is 1. The summed E-state index contributed by atoms with van der Waals surface area (Å²) >= 11 is 0. The molecule has 0 amide bonds. The maximum atomic E-state index is 14.0. The maximum Gasteiger partial charge on any atom is 1.00 e. The van der Waals surface area contributed by atoms with Gasteiger partial charge in [-0.25, -0.2) is 9.97 Å². The normalized spacial score (nSPS) is 13.8. The van der Waals surface area contributed by atoms with Crippen molar-refractivity contribution < 1.29 is 88.8 Å². The number of hydrogen-bond acceptors (Lipinski definition) is 9. The molecule has 53 heavy (non-hydrogen) atoms. The smallest absolute Gasteiger partial charge is 0.550 e. The topological polar surface area (TPSA) is 105 Å². The monoisotopic (exact) mass is 773 g/mol. The number of rotatable bonds is 16. The van der Waals surface area contributed by atoms with Gasteiger partial charge in [-0.3, -0.25) is 0 Å². The van der Waals surface area contributed by atoms with E-state index >= 15 is 0 Å². The average Bonchev–Trinajstić information content (AvgIpc) is 3.08. The van der Waals surface area contributed by atoms with E-state index in [9.17, 15) is 54.5 Å². The maximum absolute atomic E-state index is 14.0. The first-order valence-corrected chi connectivity index (χ1v) is 16.4. The molecule has 0 unspecified atom stereocenters. The van der Waals surface area contributed by atoms with Crippen molar-refractivity contribution in [2.75, 3.05) is 60.7 Å². The molecule has 0 aliphatic carbocycles. The molecule has 0 atom stereocenters. The third-order valence-electron chi connectivity index (χ3n) is 8.34. The fourth-order valence-corrected chi connectivity index (χ4v) is 5.79. The first-order valence-electron chi connectivity index (χ1n) is 16.4. The van der Waals surface area contributed by atoms with Crippen LogP contribution in [0.5, 0.6) is 0 Å². The number of aliphatic hydroxyl groups is 1. The van der Waals surface area contributed by atoms with Crippen molar-refractivity contribution >= 4 is 23.3 Å². The van der Waals surface area contributed by atoms with Gasteiger partial charge in [0.05, 0.1) is 54.6 Å². The molecule has 0 bridgehead atoms. The summed E-state index contributed by atoms with van der Waals surface area (Å²) in [6.45, 7) is 0.526. The van der Waals surface area contributed by atoms with Crippen LogP contribution in [0, 0.1) is 0 Å². The Hall–Kier alpha value is -3.32. The second-order valence-corrected chi connectivity index (χ2v) is 12.2. The summed E-state index contributed by atoms with van der Waals surface area (Å²) in [5, 5.41) is 20.5. The van der Waals surface area contributed by atoms with Crippen molar-refractivity contribution in [3.05, 3.63) is 76.6 Å². The van der Waals surface area contributed by atoms with Gasteiger partial charge < -0.3 is 34.4 Å². The minimum Gasteiger partial charge on any atom is -0.550 e.